The number of hydrogen-bond acceptors (Lipinski definition) is 7. The average Bonchev–Trinajstić information content (AvgIpc) is 2.99. The van der Waals surface area contributed by atoms with E-state index in [1.54, 1.807) is 6.20 Å². The molecule has 3 N–H and O–H groups in total. The van der Waals surface area contributed by atoms with Gasteiger partial charge in [0.1, 0.15) is 12.6 Å². The Kier molecular flexibility index (Phi) is 3.85. The Morgan fingerprint density at radius 2 is 2.42 bits per heavy atom. The number of nitrogens with zero attached hydrogens (tertiary/aromatic N) is 5. The maximum Gasteiger partial charge on any atom is 0.320 e. The molecular weight excluding hydrogens is 252 g/mol. The second-order valence-corrected chi connectivity index (χ2v) is 4.01. The first-order chi connectivity index (χ1) is 9.08. The highest BCUT2D eigenvalue weighted by Gasteiger charge is 2.15. The summed E-state index contributed by atoms with van der Waals surface area (Å²) in [4.78, 5) is 14.8. The third kappa shape index (κ3) is 3.35. The van der Waals surface area contributed by atoms with E-state index in [4.69, 9.17) is 15.4 Å². The fourth-order valence-corrected chi connectivity index (χ4v) is 1.46. The van der Waals surface area contributed by atoms with Crippen LogP contribution in [0.5, 0.6) is 0 Å². The van der Waals surface area contributed by atoms with Gasteiger partial charge in [-0.15, -0.1) is 5.10 Å². The summed E-state index contributed by atoms with van der Waals surface area (Å²) >= 11 is 0. The van der Waals surface area contributed by atoms with Crippen LogP contribution in [0.2, 0.25) is 0 Å². The van der Waals surface area contributed by atoms with E-state index >= 15 is 0 Å². The minimum absolute atomic E-state index is 0.124. The van der Waals surface area contributed by atoms with Crippen molar-refractivity contribution in [1.82, 2.24) is 25.1 Å². The first-order valence-corrected chi connectivity index (χ1v) is 5.77. The molecule has 0 aliphatic carbocycles. The van der Waals surface area contributed by atoms with Crippen LogP contribution in [-0.4, -0.2) is 42.3 Å². The molecule has 0 radical (unpaired) electrons. The van der Waals surface area contributed by atoms with Crippen molar-refractivity contribution in [3.63, 3.8) is 0 Å². The quantitative estimate of drug-likeness (QED) is 0.696. The lowest BCUT2D eigenvalue weighted by Crippen LogP contribution is -2.32. The summed E-state index contributed by atoms with van der Waals surface area (Å²) in [6.45, 7) is 2.22. The van der Waals surface area contributed by atoms with Crippen molar-refractivity contribution in [1.29, 1.82) is 0 Å². The van der Waals surface area contributed by atoms with Gasteiger partial charge >= 0.3 is 5.97 Å². The van der Waals surface area contributed by atoms with Gasteiger partial charge in [0.05, 0.1) is 5.69 Å². The van der Waals surface area contributed by atoms with Crippen LogP contribution < -0.4 is 5.73 Å². The minimum atomic E-state index is -1.07. The molecule has 0 aliphatic rings. The Labute approximate surface area is 108 Å². The molecule has 0 saturated heterocycles. The van der Waals surface area contributed by atoms with Crippen molar-refractivity contribution in [3.8, 4) is 0 Å². The lowest BCUT2D eigenvalue weighted by atomic mass is 10.2. The predicted octanol–water partition coefficient (Wildman–Crippen LogP) is -0.774. The summed E-state index contributed by atoms with van der Waals surface area (Å²) in [6, 6.07) is -0.986. The molecular formula is C10H14N6O3. The highest BCUT2D eigenvalue weighted by atomic mass is 16.5. The first-order valence-electron chi connectivity index (χ1n) is 5.77. The number of aryl methyl sites for hydroxylation is 1. The molecule has 2 aromatic heterocycles. The predicted molar refractivity (Wildman–Crippen MR) is 62.1 cm³/mol. The summed E-state index contributed by atoms with van der Waals surface area (Å²) in [5.41, 5.74) is 5.92. The largest absolute Gasteiger partial charge is 0.480 e. The molecule has 9 heteroatoms. The molecule has 0 fully saturated rings. The number of rotatable bonds is 6. The Hall–Kier alpha value is -2.29. The number of hydrogen-bond donors (Lipinski definition) is 2. The molecule has 0 saturated carbocycles. The van der Waals surface area contributed by atoms with E-state index in [9.17, 15) is 4.79 Å². The van der Waals surface area contributed by atoms with Crippen molar-refractivity contribution < 1.29 is 14.4 Å². The van der Waals surface area contributed by atoms with Gasteiger partial charge < -0.3 is 15.4 Å². The third-order valence-corrected chi connectivity index (χ3v) is 2.46. The summed E-state index contributed by atoms with van der Waals surface area (Å²) in [5, 5.41) is 20.2. The van der Waals surface area contributed by atoms with Crippen molar-refractivity contribution in [2.45, 2.75) is 32.4 Å². The van der Waals surface area contributed by atoms with E-state index in [1.165, 1.54) is 4.68 Å². The van der Waals surface area contributed by atoms with Crippen molar-refractivity contribution >= 4 is 5.97 Å². The summed E-state index contributed by atoms with van der Waals surface area (Å²) in [6.07, 6.45) is 2.43. The SMILES string of the molecule is CCc1noc(Cn2cc(CC(N)C(=O)O)nn2)n1. The molecule has 2 heterocycles. The molecule has 2 rings (SSSR count). The summed E-state index contributed by atoms with van der Waals surface area (Å²) in [7, 11) is 0. The van der Waals surface area contributed by atoms with Gasteiger partial charge in [-0.05, 0) is 0 Å². The van der Waals surface area contributed by atoms with Crippen LogP contribution in [0, 0.1) is 0 Å². The zero-order valence-electron chi connectivity index (χ0n) is 10.4. The minimum Gasteiger partial charge on any atom is -0.480 e. The number of carbonyl (C=O) groups is 1. The van der Waals surface area contributed by atoms with E-state index in [0.29, 0.717) is 30.4 Å². The lowest BCUT2D eigenvalue weighted by Gasteiger charge is -2.01. The summed E-state index contributed by atoms with van der Waals surface area (Å²) < 4.78 is 6.52. The van der Waals surface area contributed by atoms with E-state index in [1.807, 2.05) is 6.92 Å². The van der Waals surface area contributed by atoms with Gasteiger partial charge in [-0.3, -0.25) is 4.79 Å². The molecule has 0 aliphatic heterocycles. The van der Waals surface area contributed by atoms with Crippen molar-refractivity contribution in [2.24, 2.45) is 5.73 Å². The van der Waals surface area contributed by atoms with Gasteiger partial charge in [0.2, 0.25) is 5.89 Å². The molecule has 2 aromatic rings. The fraction of sp³-hybridized carbons (Fsp3) is 0.500. The maximum atomic E-state index is 10.6. The van der Waals surface area contributed by atoms with E-state index in [-0.39, 0.29) is 6.42 Å². The van der Waals surface area contributed by atoms with Gasteiger partial charge in [0, 0.05) is 19.0 Å². The first kappa shape index (κ1) is 13.1. The van der Waals surface area contributed by atoms with Crippen LogP contribution in [0.25, 0.3) is 0 Å². The summed E-state index contributed by atoms with van der Waals surface area (Å²) in [5.74, 6) is -0.0156. The molecule has 1 atom stereocenters. The Morgan fingerprint density at radius 3 is 3.05 bits per heavy atom. The normalized spacial score (nSPS) is 12.5. The molecule has 19 heavy (non-hydrogen) atoms. The zero-order valence-corrected chi connectivity index (χ0v) is 10.4. The molecule has 0 spiro atoms. The smallest absolute Gasteiger partial charge is 0.320 e. The highest BCUT2D eigenvalue weighted by Crippen LogP contribution is 2.03. The molecule has 0 amide bonds. The van der Waals surface area contributed by atoms with Crippen LogP contribution in [0.3, 0.4) is 0 Å². The van der Waals surface area contributed by atoms with Crippen LogP contribution in [0.4, 0.5) is 0 Å². The van der Waals surface area contributed by atoms with Crippen LogP contribution in [0.1, 0.15) is 24.3 Å². The number of carboxylic acids is 1. The van der Waals surface area contributed by atoms with E-state index in [2.05, 4.69) is 20.5 Å². The lowest BCUT2D eigenvalue weighted by molar-refractivity contribution is -0.138. The number of carboxylic acid groups (broad SMARTS) is 1. The van der Waals surface area contributed by atoms with Gasteiger partial charge in [-0.2, -0.15) is 4.98 Å². The van der Waals surface area contributed by atoms with Crippen LogP contribution >= 0.6 is 0 Å². The van der Waals surface area contributed by atoms with Gasteiger partial charge in [-0.1, -0.05) is 17.3 Å². The van der Waals surface area contributed by atoms with E-state index in [0.717, 1.165) is 0 Å². The number of aromatic nitrogens is 5. The van der Waals surface area contributed by atoms with Crippen molar-refractivity contribution in [3.05, 3.63) is 23.6 Å². The monoisotopic (exact) mass is 266 g/mol. The van der Waals surface area contributed by atoms with Gasteiger partial charge in [0.25, 0.3) is 0 Å². The van der Waals surface area contributed by atoms with E-state index < -0.39 is 12.0 Å². The second kappa shape index (κ2) is 5.57. The zero-order chi connectivity index (χ0) is 13.8. The van der Waals surface area contributed by atoms with Gasteiger partial charge in [-0.25, -0.2) is 4.68 Å². The number of aliphatic carboxylic acids is 1. The average molecular weight is 266 g/mol. The number of nitrogens with two attached hydrogens (primary N) is 1. The molecule has 102 valence electrons. The van der Waals surface area contributed by atoms with Crippen LogP contribution in [0.15, 0.2) is 10.7 Å². The maximum absolute atomic E-state index is 10.6. The van der Waals surface area contributed by atoms with Crippen molar-refractivity contribution in [2.75, 3.05) is 0 Å². The Bertz CT molecular complexity index is 563. The topological polar surface area (TPSA) is 133 Å². The second-order valence-electron chi connectivity index (χ2n) is 4.01. The molecule has 0 aromatic carbocycles. The molecule has 9 nitrogen and oxygen atoms in total. The fourth-order valence-electron chi connectivity index (χ4n) is 1.46. The van der Waals surface area contributed by atoms with Gasteiger partial charge in [0.15, 0.2) is 5.82 Å². The van der Waals surface area contributed by atoms with Crippen LogP contribution in [-0.2, 0) is 24.2 Å². The standard InChI is InChI=1S/C10H14N6O3/c1-2-8-12-9(19-14-8)5-16-4-6(13-15-16)3-7(11)10(17)18/h4,7H,2-3,5,11H2,1H3,(H,17,18). The Morgan fingerprint density at radius 1 is 1.63 bits per heavy atom. The molecule has 0 bridgehead atoms. The molecule has 1 unspecified atom stereocenters. The third-order valence-electron chi connectivity index (χ3n) is 2.46. The highest BCUT2D eigenvalue weighted by molar-refractivity contribution is 5.73. The Balaban J connectivity index is 1.99.